The van der Waals surface area contributed by atoms with Crippen LogP contribution >= 0.6 is 15.9 Å². The number of rotatable bonds is 3. The third kappa shape index (κ3) is 2.37. The number of methoxy groups -OCH3 is 1. The third-order valence-corrected chi connectivity index (χ3v) is 2.84. The van der Waals surface area contributed by atoms with Crippen molar-refractivity contribution < 1.29 is 18.3 Å². The van der Waals surface area contributed by atoms with Crippen LogP contribution in [0.25, 0.3) is 0 Å². The van der Waals surface area contributed by atoms with Gasteiger partial charge >= 0.3 is 5.97 Å². The lowest BCUT2D eigenvalue weighted by molar-refractivity contribution is 0.0581. The van der Waals surface area contributed by atoms with Gasteiger partial charge in [0.15, 0.2) is 5.69 Å². The molecule has 0 fully saturated rings. The number of carbonyl (C=O) groups is 1. The molecule has 0 aliphatic heterocycles. The molecule has 3 nitrogen and oxygen atoms in total. The SMILES string of the molecule is COC(=O)c1ncc(CBr)c(C)c1C(F)F. The first kappa shape index (κ1) is 13.0. The van der Waals surface area contributed by atoms with E-state index in [0.29, 0.717) is 16.5 Å². The van der Waals surface area contributed by atoms with E-state index >= 15 is 0 Å². The molecule has 0 aliphatic rings. The molecule has 0 bridgehead atoms. The summed E-state index contributed by atoms with van der Waals surface area (Å²) in [5.74, 6) is -0.848. The Hall–Kier alpha value is -1.04. The highest BCUT2D eigenvalue weighted by atomic mass is 79.9. The molecular formula is C10H10BrF2NO2. The molecule has 1 aromatic heterocycles. The van der Waals surface area contributed by atoms with Crippen LogP contribution < -0.4 is 0 Å². The van der Waals surface area contributed by atoms with Crippen molar-refractivity contribution in [2.45, 2.75) is 18.7 Å². The number of hydrogen-bond acceptors (Lipinski definition) is 3. The number of halogens is 3. The van der Waals surface area contributed by atoms with Crippen LogP contribution in [-0.2, 0) is 10.1 Å². The van der Waals surface area contributed by atoms with Gasteiger partial charge in [0.1, 0.15) is 0 Å². The summed E-state index contributed by atoms with van der Waals surface area (Å²) < 4.78 is 30.1. The molecule has 16 heavy (non-hydrogen) atoms. The van der Waals surface area contributed by atoms with Crippen LogP contribution in [0.1, 0.15) is 33.6 Å². The fourth-order valence-electron chi connectivity index (χ4n) is 1.32. The fourth-order valence-corrected chi connectivity index (χ4v) is 1.89. The minimum atomic E-state index is -2.75. The number of alkyl halides is 3. The van der Waals surface area contributed by atoms with Gasteiger partial charge in [-0.15, -0.1) is 0 Å². The lowest BCUT2D eigenvalue weighted by Gasteiger charge is -2.12. The van der Waals surface area contributed by atoms with Crippen LogP contribution in [0, 0.1) is 6.92 Å². The molecule has 1 rings (SSSR count). The molecule has 0 atom stereocenters. The third-order valence-electron chi connectivity index (χ3n) is 2.23. The van der Waals surface area contributed by atoms with E-state index in [0.717, 1.165) is 7.11 Å². The number of esters is 1. The predicted molar refractivity (Wildman–Crippen MR) is 57.9 cm³/mol. The summed E-state index contributed by atoms with van der Waals surface area (Å²) in [6.45, 7) is 1.53. The van der Waals surface area contributed by atoms with Gasteiger partial charge in [0.25, 0.3) is 6.43 Å². The average molecular weight is 294 g/mol. The van der Waals surface area contributed by atoms with Crippen LogP contribution in [-0.4, -0.2) is 18.1 Å². The monoisotopic (exact) mass is 293 g/mol. The average Bonchev–Trinajstić information content (AvgIpc) is 2.26. The summed E-state index contributed by atoms with van der Waals surface area (Å²) in [4.78, 5) is 15.0. The maximum Gasteiger partial charge on any atom is 0.357 e. The van der Waals surface area contributed by atoms with E-state index < -0.39 is 12.4 Å². The standard InChI is InChI=1S/C10H10BrF2NO2/c1-5-6(3-11)4-14-8(10(15)16-2)7(5)9(12)13/h4,9H,3H2,1-2H3. The van der Waals surface area contributed by atoms with E-state index in [1.54, 1.807) is 0 Å². The number of hydrogen-bond donors (Lipinski definition) is 0. The summed E-state index contributed by atoms with van der Waals surface area (Å²) in [6, 6.07) is 0. The zero-order valence-corrected chi connectivity index (χ0v) is 10.3. The van der Waals surface area contributed by atoms with Crippen LogP contribution in [0.2, 0.25) is 0 Å². The Kier molecular flexibility index (Phi) is 4.35. The molecular weight excluding hydrogens is 284 g/mol. The van der Waals surface area contributed by atoms with Gasteiger partial charge in [-0.05, 0) is 18.1 Å². The van der Waals surface area contributed by atoms with E-state index in [1.807, 2.05) is 0 Å². The lowest BCUT2D eigenvalue weighted by atomic mass is 10.0. The van der Waals surface area contributed by atoms with Gasteiger partial charge in [0.05, 0.1) is 12.7 Å². The number of nitrogens with zero attached hydrogens (tertiary/aromatic N) is 1. The minimum absolute atomic E-state index is 0.320. The summed E-state index contributed by atoms with van der Waals surface area (Å²) in [6.07, 6.45) is -1.36. The Balaban J connectivity index is 3.40. The summed E-state index contributed by atoms with van der Waals surface area (Å²) >= 11 is 3.17. The smallest absolute Gasteiger partial charge is 0.357 e. The van der Waals surface area contributed by atoms with Gasteiger partial charge in [-0.2, -0.15) is 0 Å². The van der Waals surface area contributed by atoms with Gasteiger partial charge in [-0.1, -0.05) is 15.9 Å². The van der Waals surface area contributed by atoms with Crippen molar-refractivity contribution in [2.24, 2.45) is 0 Å². The first-order valence-corrected chi connectivity index (χ1v) is 5.55. The molecule has 88 valence electrons. The van der Waals surface area contributed by atoms with Gasteiger partial charge < -0.3 is 4.74 Å². The maximum absolute atomic E-state index is 12.8. The van der Waals surface area contributed by atoms with Gasteiger partial charge in [0, 0.05) is 11.5 Å². The van der Waals surface area contributed by atoms with Crippen LogP contribution in [0.15, 0.2) is 6.20 Å². The van der Waals surface area contributed by atoms with E-state index in [9.17, 15) is 13.6 Å². The van der Waals surface area contributed by atoms with Crippen molar-refractivity contribution >= 4 is 21.9 Å². The maximum atomic E-state index is 12.8. The van der Waals surface area contributed by atoms with Gasteiger partial charge in [-0.25, -0.2) is 18.6 Å². The normalized spacial score (nSPS) is 10.6. The first-order valence-electron chi connectivity index (χ1n) is 4.43. The first-order chi connectivity index (χ1) is 7.52. The largest absolute Gasteiger partial charge is 0.464 e. The highest BCUT2D eigenvalue weighted by Gasteiger charge is 2.24. The molecule has 0 saturated heterocycles. The Morgan fingerprint density at radius 1 is 1.62 bits per heavy atom. The zero-order valence-electron chi connectivity index (χ0n) is 8.76. The minimum Gasteiger partial charge on any atom is -0.464 e. The Labute approximate surface area is 99.9 Å². The Morgan fingerprint density at radius 2 is 2.25 bits per heavy atom. The van der Waals surface area contributed by atoms with Crippen molar-refractivity contribution in [3.05, 3.63) is 28.6 Å². The fraction of sp³-hybridized carbons (Fsp3) is 0.400. The molecule has 0 aliphatic carbocycles. The van der Waals surface area contributed by atoms with Crippen molar-refractivity contribution in [1.29, 1.82) is 0 Å². The number of carbonyl (C=O) groups excluding carboxylic acids is 1. The Bertz CT molecular complexity index is 410. The second-order valence-electron chi connectivity index (χ2n) is 3.10. The highest BCUT2D eigenvalue weighted by Crippen LogP contribution is 2.28. The molecule has 0 N–H and O–H groups in total. The predicted octanol–water partition coefficient (Wildman–Crippen LogP) is 3.01. The van der Waals surface area contributed by atoms with Crippen LogP contribution in [0.4, 0.5) is 8.78 Å². The van der Waals surface area contributed by atoms with Gasteiger partial charge in [-0.3, -0.25) is 0 Å². The summed E-state index contributed by atoms with van der Waals surface area (Å²) in [7, 11) is 1.13. The number of aromatic nitrogens is 1. The van der Waals surface area contributed by atoms with Crippen LogP contribution in [0.5, 0.6) is 0 Å². The van der Waals surface area contributed by atoms with Crippen LogP contribution in [0.3, 0.4) is 0 Å². The molecule has 0 unspecified atom stereocenters. The van der Waals surface area contributed by atoms with E-state index in [1.165, 1.54) is 13.1 Å². The van der Waals surface area contributed by atoms with E-state index in [4.69, 9.17) is 0 Å². The van der Waals surface area contributed by atoms with Crippen molar-refractivity contribution in [3.8, 4) is 0 Å². The van der Waals surface area contributed by atoms with Crippen molar-refractivity contribution in [3.63, 3.8) is 0 Å². The molecule has 1 aromatic rings. The van der Waals surface area contributed by atoms with E-state index in [-0.39, 0.29) is 11.3 Å². The van der Waals surface area contributed by atoms with Gasteiger partial charge in [0.2, 0.25) is 0 Å². The molecule has 0 amide bonds. The number of ether oxygens (including phenoxy) is 1. The van der Waals surface area contributed by atoms with Crippen molar-refractivity contribution in [2.75, 3.05) is 7.11 Å². The quantitative estimate of drug-likeness (QED) is 0.635. The molecule has 0 radical (unpaired) electrons. The molecule has 0 aromatic carbocycles. The molecule has 1 heterocycles. The summed E-state index contributed by atoms with van der Waals surface area (Å²) in [5.41, 5.74) is 0.314. The number of pyridine rings is 1. The summed E-state index contributed by atoms with van der Waals surface area (Å²) in [5, 5.41) is 0.410. The molecule has 0 saturated carbocycles. The Morgan fingerprint density at radius 3 is 2.69 bits per heavy atom. The second kappa shape index (κ2) is 5.34. The highest BCUT2D eigenvalue weighted by molar-refractivity contribution is 9.08. The zero-order chi connectivity index (χ0) is 12.3. The topological polar surface area (TPSA) is 39.2 Å². The second-order valence-corrected chi connectivity index (χ2v) is 3.66. The molecule has 6 heteroatoms. The lowest BCUT2D eigenvalue weighted by Crippen LogP contribution is -2.12. The van der Waals surface area contributed by atoms with Crippen molar-refractivity contribution in [1.82, 2.24) is 4.98 Å². The van der Waals surface area contributed by atoms with E-state index in [2.05, 4.69) is 25.7 Å². The molecule has 0 spiro atoms.